The Labute approximate surface area is 117 Å². The quantitative estimate of drug-likeness (QED) is 0.540. The minimum Gasteiger partial charge on any atom is -0.467 e. The van der Waals surface area contributed by atoms with Crippen LogP contribution in [-0.2, 0) is 23.8 Å². The Balaban J connectivity index is 4.70. The Morgan fingerprint density at radius 1 is 1.10 bits per heavy atom. The second kappa shape index (κ2) is 7.68. The molecule has 1 amide bonds. The number of alkyl carbamates (subject to hydrolysis) is 1. The normalized spacial score (nSPS) is 13.9. The van der Waals surface area contributed by atoms with Crippen molar-refractivity contribution < 1.29 is 33.7 Å². The van der Waals surface area contributed by atoms with Crippen LogP contribution in [-0.4, -0.2) is 55.1 Å². The summed E-state index contributed by atoms with van der Waals surface area (Å²) in [5.41, 5.74) is -0.744. The average molecular weight is 291 g/mol. The van der Waals surface area contributed by atoms with Crippen LogP contribution in [0.5, 0.6) is 0 Å². The van der Waals surface area contributed by atoms with E-state index in [1.165, 1.54) is 0 Å². The van der Waals surface area contributed by atoms with Gasteiger partial charge < -0.3 is 24.6 Å². The molecule has 2 atom stereocenters. The monoisotopic (exact) mass is 291 g/mol. The van der Waals surface area contributed by atoms with E-state index in [9.17, 15) is 19.5 Å². The van der Waals surface area contributed by atoms with Gasteiger partial charge in [-0.2, -0.15) is 0 Å². The lowest BCUT2D eigenvalue weighted by atomic mass is 10.1. The lowest BCUT2D eigenvalue weighted by Crippen LogP contribution is -2.46. The molecule has 0 aliphatic heterocycles. The zero-order chi connectivity index (χ0) is 15.9. The summed E-state index contributed by atoms with van der Waals surface area (Å²) in [6.07, 6.45) is -2.79. The fourth-order valence-corrected chi connectivity index (χ4v) is 1.26. The number of esters is 2. The number of nitrogens with one attached hydrogen (secondary N) is 1. The second-order valence-corrected chi connectivity index (χ2v) is 5.00. The predicted octanol–water partition coefficient (Wildman–Crippen LogP) is -0.0233. The van der Waals surface area contributed by atoms with E-state index < -0.39 is 35.8 Å². The topological polar surface area (TPSA) is 111 Å². The van der Waals surface area contributed by atoms with E-state index in [4.69, 9.17) is 4.74 Å². The molecular weight excluding hydrogens is 270 g/mol. The predicted molar refractivity (Wildman–Crippen MR) is 67.8 cm³/mol. The van der Waals surface area contributed by atoms with Crippen LogP contribution in [0.25, 0.3) is 0 Å². The molecule has 0 radical (unpaired) electrons. The standard InChI is InChI=1S/C12H21NO7/c1-12(2,3)20-11(17)13-7(9(15)18-4)6-8(14)10(16)19-5/h7-8,14H,6H2,1-5H3,(H,13,17)/t7-,8?/m0/s1. The van der Waals surface area contributed by atoms with Crippen LogP contribution in [0, 0.1) is 0 Å². The Kier molecular flexibility index (Phi) is 6.98. The molecule has 2 N–H and O–H groups in total. The molecule has 0 spiro atoms. The lowest BCUT2D eigenvalue weighted by Gasteiger charge is -2.23. The largest absolute Gasteiger partial charge is 0.467 e. The maximum Gasteiger partial charge on any atom is 0.408 e. The van der Waals surface area contributed by atoms with Crippen molar-refractivity contribution in [1.29, 1.82) is 0 Å². The van der Waals surface area contributed by atoms with E-state index in [0.29, 0.717) is 0 Å². The number of aliphatic hydroxyl groups excluding tert-OH is 1. The molecule has 0 saturated carbocycles. The number of carbonyl (C=O) groups excluding carboxylic acids is 3. The molecule has 8 heteroatoms. The molecule has 0 fully saturated rings. The third-order valence-corrected chi connectivity index (χ3v) is 2.11. The molecule has 0 aromatic rings. The van der Waals surface area contributed by atoms with Crippen molar-refractivity contribution in [2.45, 2.75) is 44.9 Å². The van der Waals surface area contributed by atoms with Crippen LogP contribution in [0.3, 0.4) is 0 Å². The molecule has 0 aromatic heterocycles. The van der Waals surface area contributed by atoms with Gasteiger partial charge in [-0.15, -0.1) is 0 Å². The Bertz CT molecular complexity index is 361. The Morgan fingerprint density at radius 2 is 1.60 bits per heavy atom. The minimum atomic E-state index is -1.56. The summed E-state index contributed by atoms with van der Waals surface area (Å²) in [4.78, 5) is 34.2. The number of methoxy groups -OCH3 is 2. The highest BCUT2D eigenvalue weighted by molar-refractivity contribution is 5.83. The third kappa shape index (κ3) is 6.93. The van der Waals surface area contributed by atoms with Crippen molar-refractivity contribution in [2.24, 2.45) is 0 Å². The van der Waals surface area contributed by atoms with Gasteiger partial charge in [0.15, 0.2) is 6.10 Å². The zero-order valence-electron chi connectivity index (χ0n) is 12.3. The van der Waals surface area contributed by atoms with Gasteiger partial charge in [0, 0.05) is 6.42 Å². The van der Waals surface area contributed by atoms with Crippen molar-refractivity contribution in [1.82, 2.24) is 5.32 Å². The first-order valence-corrected chi connectivity index (χ1v) is 5.94. The van der Waals surface area contributed by atoms with Gasteiger partial charge in [-0.1, -0.05) is 0 Å². The van der Waals surface area contributed by atoms with E-state index >= 15 is 0 Å². The first-order chi connectivity index (χ1) is 9.10. The van der Waals surface area contributed by atoms with Gasteiger partial charge in [-0.25, -0.2) is 14.4 Å². The summed E-state index contributed by atoms with van der Waals surface area (Å²) in [6.45, 7) is 4.97. The van der Waals surface area contributed by atoms with Gasteiger partial charge in [0.1, 0.15) is 11.6 Å². The number of ether oxygens (including phenoxy) is 3. The van der Waals surface area contributed by atoms with Crippen LogP contribution in [0.1, 0.15) is 27.2 Å². The van der Waals surface area contributed by atoms with Crippen LogP contribution >= 0.6 is 0 Å². The Hall–Kier alpha value is -1.83. The number of rotatable bonds is 5. The molecular formula is C12H21NO7. The molecule has 116 valence electrons. The van der Waals surface area contributed by atoms with Crippen LogP contribution in [0.2, 0.25) is 0 Å². The van der Waals surface area contributed by atoms with Crippen molar-refractivity contribution >= 4 is 18.0 Å². The molecule has 20 heavy (non-hydrogen) atoms. The van der Waals surface area contributed by atoms with Gasteiger partial charge >= 0.3 is 18.0 Å². The maximum absolute atomic E-state index is 11.6. The van der Waals surface area contributed by atoms with Gasteiger partial charge in [0.25, 0.3) is 0 Å². The minimum absolute atomic E-state index is 0.376. The summed E-state index contributed by atoms with van der Waals surface area (Å²) in [5, 5.41) is 11.7. The van der Waals surface area contributed by atoms with Crippen molar-refractivity contribution in [3.05, 3.63) is 0 Å². The van der Waals surface area contributed by atoms with Crippen molar-refractivity contribution in [2.75, 3.05) is 14.2 Å². The van der Waals surface area contributed by atoms with Crippen LogP contribution in [0.4, 0.5) is 4.79 Å². The van der Waals surface area contributed by atoms with Gasteiger partial charge in [0.05, 0.1) is 14.2 Å². The smallest absolute Gasteiger partial charge is 0.408 e. The van der Waals surface area contributed by atoms with Crippen molar-refractivity contribution in [3.8, 4) is 0 Å². The zero-order valence-corrected chi connectivity index (χ0v) is 12.3. The number of amides is 1. The number of hydrogen-bond donors (Lipinski definition) is 2. The molecule has 0 aromatic carbocycles. The summed E-state index contributed by atoms with van der Waals surface area (Å²) in [6, 6.07) is -1.22. The van der Waals surface area contributed by atoms with E-state index in [1.807, 2.05) is 0 Å². The van der Waals surface area contributed by atoms with Gasteiger partial charge in [-0.3, -0.25) is 0 Å². The van der Waals surface area contributed by atoms with E-state index in [1.54, 1.807) is 20.8 Å². The summed E-state index contributed by atoms with van der Waals surface area (Å²) >= 11 is 0. The molecule has 1 unspecified atom stereocenters. The first kappa shape index (κ1) is 18.2. The lowest BCUT2D eigenvalue weighted by molar-refractivity contribution is -0.152. The fourth-order valence-electron chi connectivity index (χ4n) is 1.26. The highest BCUT2D eigenvalue weighted by atomic mass is 16.6. The Morgan fingerprint density at radius 3 is 2.00 bits per heavy atom. The first-order valence-electron chi connectivity index (χ1n) is 5.94. The van der Waals surface area contributed by atoms with Gasteiger partial charge in [-0.05, 0) is 20.8 Å². The summed E-state index contributed by atoms with van der Waals surface area (Å²) in [5.74, 6) is -1.72. The fraction of sp³-hybridized carbons (Fsp3) is 0.750. The molecule has 0 bridgehead atoms. The summed E-state index contributed by atoms with van der Waals surface area (Å²) in [7, 11) is 2.22. The molecule has 0 rings (SSSR count). The highest BCUT2D eigenvalue weighted by Gasteiger charge is 2.30. The van der Waals surface area contributed by atoms with Crippen molar-refractivity contribution in [3.63, 3.8) is 0 Å². The van der Waals surface area contributed by atoms with Crippen LogP contribution in [0.15, 0.2) is 0 Å². The highest BCUT2D eigenvalue weighted by Crippen LogP contribution is 2.08. The van der Waals surface area contributed by atoms with Gasteiger partial charge in [0.2, 0.25) is 0 Å². The molecule has 8 nitrogen and oxygen atoms in total. The third-order valence-electron chi connectivity index (χ3n) is 2.11. The van der Waals surface area contributed by atoms with E-state index in [0.717, 1.165) is 14.2 Å². The molecule has 0 aliphatic carbocycles. The van der Waals surface area contributed by atoms with E-state index in [2.05, 4.69) is 14.8 Å². The number of carbonyl (C=O) groups is 3. The second-order valence-electron chi connectivity index (χ2n) is 5.00. The SMILES string of the molecule is COC(=O)C(O)C[C@H](NC(=O)OC(C)(C)C)C(=O)OC. The maximum atomic E-state index is 11.6. The number of hydrogen-bond acceptors (Lipinski definition) is 7. The molecule has 0 heterocycles. The summed E-state index contributed by atoms with van der Waals surface area (Å²) < 4.78 is 13.8. The average Bonchev–Trinajstić information content (AvgIpc) is 2.33. The van der Waals surface area contributed by atoms with E-state index in [-0.39, 0.29) is 6.42 Å². The molecule has 0 saturated heterocycles. The number of aliphatic hydroxyl groups is 1. The van der Waals surface area contributed by atoms with Crippen LogP contribution < -0.4 is 5.32 Å². The molecule has 0 aliphatic rings.